The molecule has 5 nitrogen and oxygen atoms in total. The Kier molecular flexibility index (Phi) is 6.49. The molecule has 102 valence electrons. The lowest BCUT2D eigenvalue weighted by molar-refractivity contribution is 0.0603. The molecule has 0 aliphatic heterocycles. The fourth-order valence-corrected chi connectivity index (χ4v) is 1.54. The summed E-state index contributed by atoms with van der Waals surface area (Å²) in [6.45, 7) is 2.67. The third kappa shape index (κ3) is 4.52. The Bertz CT molecular complexity index is 346. The van der Waals surface area contributed by atoms with Crippen molar-refractivity contribution in [1.29, 1.82) is 0 Å². The zero-order valence-corrected chi connectivity index (χ0v) is 10.8. The van der Waals surface area contributed by atoms with E-state index >= 15 is 0 Å². The lowest BCUT2D eigenvalue weighted by Gasteiger charge is -2.22. The molecule has 0 bridgehead atoms. The Morgan fingerprint density at radius 2 is 2.06 bits per heavy atom. The average molecular weight is 255 g/mol. The SMILES string of the molecule is CCOc1cccc(OC(CO)C(N)COC)c1. The molecular weight excluding hydrogens is 234 g/mol. The summed E-state index contributed by atoms with van der Waals surface area (Å²) in [5, 5.41) is 9.27. The van der Waals surface area contributed by atoms with Gasteiger partial charge in [0.1, 0.15) is 17.6 Å². The number of benzene rings is 1. The first-order valence-corrected chi connectivity index (χ1v) is 5.96. The molecule has 18 heavy (non-hydrogen) atoms. The number of rotatable bonds is 8. The quantitative estimate of drug-likeness (QED) is 0.718. The Labute approximate surface area is 107 Å². The highest BCUT2D eigenvalue weighted by atomic mass is 16.5. The molecule has 2 atom stereocenters. The maximum Gasteiger partial charge on any atom is 0.139 e. The lowest BCUT2D eigenvalue weighted by Crippen LogP contribution is -2.44. The second-order valence-electron chi connectivity index (χ2n) is 3.87. The number of hydrogen-bond acceptors (Lipinski definition) is 5. The number of hydrogen-bond donors (Lipinski definition) is 2. The molecule has 5 heteroatoms. The summed E-state index contributed by atoms with van der Waals surface area (Å²) in [6, 6.07) is 6.86. The van der Waals surface area contributed by atoms with E-state index in [2.05, 4.69) is 0 Å². The molecule has 3 N–H and O–H groups in total. The third-order valence-electron chi connectivity index (χ3n) is 2.42. The van der Waals surface area contributed by atoms with Gasteiger partial charge < -0.3 is 25.1 Å². The Morgan fingerprint density at radius 1 is 1.33 bits per heavy atom. The van der Waals surface area contributed by atoms with Gasteiger partial charge in [-0.15, -0.1) is 0 Å². The summed E-state index contributed by atoms with van der Waals surface area (Å²) >= 11 is 0. The van der Waals surface area contributed by atoms with E-state index in [1.165, 1.54) is 0 Å². The minimum Gasteiger partial charge on any atom is -0.494 e. The van der Waals surface area contributed by atoms with E-state index < -0.39 is 6.10 Å². The topological polar surface area (TPSA) is 73.9 Å². The van der Waals surface area contributed by atoms with Gasteiger partial charge in [0.05, 0.1) is 25.9 Å². The zero-order valence-electron chi connectivity index (χ0n) is 10.8. The second kappa shape index (κ2) is 7.92. The van der Waals surface area contributed by atoms with Gasteiger partial charge in [0.15, 0.2) is 0 Å². The van der Waals surface area contributed by atoms with Gasteiger partial charge in [-0.05, 0) is 19.1 Å². The Morgan fingerprint density at radius 3 is 2.67 bits per heavy atom. The maximum atomic E-state index is 9.27. The van der Waals surface area contributed by atoms with Crippen LogP contribution in [0.25, 0.3) is 0 Å². The van der Waals surface area contributed by atoms with Crippen molar-refractivity contribution in [1.82, 2.24) is 0 Å². The highest BCUT2D eigenvalue weighted by molar-refractivity contribution is 5.33. The second-order valence-corrected chi connectivity index (χ2v) is 3.87. The van der Waals surface area contributed by atoms with E-state index in [1.54, 1.807) is 19.2 Å². The van der Waals surface area contributed by atoms with Gasteiger partial charge in [0, 0.05) is 13.2 Å². The summed E-state index contributed by atoms with van der Waals surface area (Å²) in [4.78, 5) is 0. The van der Waals surface area contributed by atoms with E-state index in [0.717, 1.165) is 5.75 Å². The predicted octanol–water partition coefficient (Wildman–Crippen LogP) is 0.799. The van der Waals surface area contributed by atoms with E-state index in [1.807, 2.05) is 19.1 Å². The van der Waals surface area contributed by atoms with Crippen LogP contribution >= 0.6 is 0 Å². The average Bonchev–Trinajstić information content (AvgIpc) is 2.37. The van der Waals surface area contributed by atoms with Crippen molar-refractivity contribution in [3.63, 3.8) is 0 Å². The molecule has 0 saturated carbocycles. The van der Waals surface area contributed by atoms with Crippen LogP contribution in [0.2, 0.25) is 0 Å². The first kappa shape index (κ1) is 14.8. The molecule has 0 spiro atoms. The number of methoxy groups -OCH3 is 1. The van der Waals surface area contributed by atoms with Crippen LogP contribution in [0.1, 0.15) is 6.92 Å². The molecule has 1 rings (SSSR count). The number of ether oxygens (including phenoxy) is 3. The molecular formula is C13H21NO4. The summed E-state index contributed by atoms with van der Waals surface area (Å²) < 4.78 is 15.9. The maximum absolute atomic E-state index is 9.27. The molecule has 0 aliphatic rings. The molecule has 0 radical (unpaired) electrons. The van der Waals surface area contributed by atoms with Crippen LogP contribution in [-0.4, -0.2) is 44.2 Å². The van der Waals surface area contributed by atoms with Gasteiger partial charge in [-0.2, -0.15) is 0 Å². The normalized spacial score (nSPS) is 14.0. The van der Waals surface area contributed by atoms with Gasteiger partial charge in [0.2, 0.25) is 0 Å². The minimum absolute atomic E-state index is 0.163. The molecule has 2 unspecified atom stereocenters. The van der Waals surface area contributed by atoms with Gasteiger partial charge >= 0.3 is 0 Å². The summed E-state index contributed by atoms with van der Waals surface area (Å²) in [6.07, 6.45) is -0.498. The van der Waals surface area contributed by atoms with Crippen molar-refractivity contribution in [2.24, 2.45) is 5.73 Å². The van der Waals surface area contributed by atoms with Crippen LogP contribution in [0.4, 0.5) is 0 Å². The fourth-order valence-electron chi connectivity index (χ4n) is 1.54. The van der Waals surface area contributed by atoms with Crippen molar-refractivity contribution in [3.8, 4) is 11.5 Å². The molecule has 1 aromatic rings. The third-order valence-corrected chi connectivity index (χ3v) is 2.42. The molecule has 0 saturated heterocycles. The summed E-state index contributed by atoms with van der Waals surface area (Å²) in [5.41, 5.74) is 5.84. The molecule has 0 aromatic heterocycles. The highest BCUT2D eigenvalue weighted by Crippen LogP contribution is 2.20. The smallest absolute Gasteiger partial charge is 0.139 e. The van der Waals surface area contributed by atoms with Crippen molar-refractivity contribution in [2.45, 2.75) is 19.1 Å². The van der Waals surface area contributed by atoms with Gasteiger partial charge in [0.25, 0.3) is 0 Å². The van der Waals surface area contributed by atoms with Crippen molar-refractivity contribution in [2.75, 3.05) is 26.9 Å². The van der Waals surface area contributed by atoms with Crippen molar-refractivity contribution < 1.29 is 19.3 Å². The van der Waals surface area contributed by atoms with Crippen LogP contribution in [0, 0.1) is 0 Å². The monoisotopic (exact) mass is 255 g/mol. The Balaban J connectivity index is 2.66. The first-order chi connectivity index (χ1) is 8.71. The molecule has 0 heterocycles. The van der Waals surface area contributed by atoms with Crippen LogP contribution in [0.5, 0.6) is 11.5 Å². The van der Waals surface area contributed by atoms with Crippen molar-refractivity contribution in [3.05, 3.63) is 24.3 Å². The zero-order chi connectivity index (χ0) is 13.4. The predicted molar refractivity (Wildman–Crippen MR) is 69.0 cm³/mol. The van der Waals surface area contributed by atoms with Crippen LogP contribution in [0.3, 0.4) is 0 Å². The minimum atomic E-state index is -0.498. The van der Waals surface area contributed by atoms with E-state index in [-0.39, 0.29) is 12.6 Å². The lowest BCUT2D eigenvalue weighted by atomic mass is 10.2. The summed E-state index contributed by atoms with van der Waals surface area (Å²) in [7, 11) is 1.56. The highest BCUT2D eigenvalue weighted by Gasteiger charge is 2.18. The van der Waals surface area contributed by atoms with Gasteiger partial charge in [-0.3, -0.25) is 0 Å². The number of nitrogens with two attached hydrogens (primary N) is 1. The summed E-state index contributed by atoms with van der Waals surface area (Å²) in [5.74, 6) is 1.35. The largest absolute Gasteiger partial charge is 0.494 e. The molecule has 0 fully saturated rings. The van der Waals surface area contributed by atoms with Crippen LogP contribution in [-0.2, 0) is 4.74 Å². The van der Waals surface area contributed by atoms with E-state index in [0.29, 0.717) is 19.0 Å². The van der Waals surface area contributed by atoms with Gasteiger partial charge in [-0.25, -0.2) is 0 Å². The molecule has 1 aromatic carbocycles. The number of aliphatic hydroxyl groups excluding tert-OH is 1. The number of aliphatic hydroxyl groups is 1. The van der Waals surface area contributed by atoms with Gasteiger partial charge in [-0.1, -0.05) is 6.07 Å². The van der Waals surface area contributed by atoms with E-state index in [9.17, 15) is 5.11 Å². The van der Waals surface area contributed by atoms with Crippen molar-refractivity contribution >= 4 is 0 Å². The van der Waals surface area contributed by atoms with Crippen LogP contribution in [0.15, 0.2) is 24.3 Å². The first-order valence-electron chi connectivity index (χ1n) is 5.96. The van der Waals surface area contributed by atoms with E-state index in [4.69, 9.17) is 19.9 Å². The molecule has 0 aliphatic carbocycles. The van der Waals surface area contributed by atoms with Crippen LogP contribution < -0.4 is 15.2 Å². The Hall–Kier alpha value is -1.30. The molecule has 0 amide bonds. The fraction of sp³-hybridized carbons (Fsp3) is 0.538. The standard InChI is InChI=1S/C13H21NO4/c1-3-17-10-5-4-6-11(7-10)18-13(8-15)12(14)9-16-2/h4-7,12-13,15H,3,8-9,14H2,1-2H3.